The first-order valence-corrected chi connectivity index (χ1v) is 8.78. The summed E-state index contributed by atoms with van der Waals surface area (Å²) in [5.41, 5.74) is 1.65. The number of hydrogen-bond donors (Lipinski definition) is 1. The van der Waals surface area contributed by atoms with E-state index >= 15 is 0 Å². The first-order chi connectivity index (χ1) is 12.7. The molecular weight excluding hydrogens is 336 g/mol. The molecule has 1 aromatic carbocycles. The zero-order valence-electron chi connectivity index (χ0n) is 14.5. The lowest BCUT2D eigenvalue weighted by Gasteiger charge is -2.23. The SMILES string of the molecule is CCOc1cc(=O)n2c(c1C(=O)Nc1ccc3c(c1)OCO3)CCCC2. The largest absolute Gasteiger partial charge is 0.493 e. The Hall–Kier alpha value is -2.96. The molecule has 136 valence electrons. The lowest BCUT2D eigenvalue weighted by Crippen LogP contribution is -2.31. The Labute approximate surface area is 150 Å². The van der Waals surface area contributed by atoms with E-state index in [1.807, 2.05) is 6.92 Å². The number of carbonyl (C=O) groups excluding carboxylic acids is 1. The van der Waals surface area contributed by atoms with Gasteiger partial charge in [-0.25, -0.2) is 0 Å². The van der Waals surface area contributed by atoms with Crippen molar-refractivity contribution in [2.24, 2.45) is 0 Å². The minimum absolute atomic E-state index is 0.122. The van der Waals surface area contributed by atoms with Crippen LogP contribution >= 0.6 is 0 Å². The van der Waals surface area contributed by atoms with Crippen LogP contribution in [0.4, 0.5) is 5.69 Å². The minimum atomic E-state index is -0.294. The normalized spacial score (nSPS) is 14.7. The van der Waals surface area contributed by atoms with Gasteiger partial charge in [-0.05, 0) is 38.3 Å². The number of amides is 1. The highest BCUT2D eigenvalue weighted by Gasteiger charge is 2.25. The Morgan fingerprint density at radius 2 is 2.08 bits per heavy atom. The van der Waals surface area contributed by atoms with Crippen LogP contribution < -0.4 is 25.1 Å². The zero-order chi connectivity index (χ0) is 18.1. The molecule has 7 heteroatoms. The highest BCUT2D eigenvalue weighted by atomic mass is 16.7. The smallest absolute Gasteiger partial charge is 0.261 e. The predicted molar refractivity (Wildman–Crippen MR) is 95.3 cm³/mol. The zero-order valence-corrected chi connectivity index (χ0v) is 14.5. The van der Waals surface area contributed by atoms with E-state index in [1.165, 1.54) is 6.07 Å². The maximum Gasteiger partial charge on any atom is 0.261 e. The molecule has 0 aliphatic carbocycles. The van der Waals surface area contributed by atoms with Crippen molar-refractivity contribution in [1.29, 1.82) is 0 Å². The topological polar surface area (TPSA) is 78.8 Å². The second kappa shape index (κ2) is 6.74. The maximum absolute atomic E-state index is 13.0. The van der Waals surface area contributed by atoms with E-state index < -0.39 is 0 Å². The summed E-state index contributed by atoms with van der Waals surface area (Å²) in [5.74, 6) is 1.29. The molecule has 0 radical (unpaired) electrons. The number of nitrogens with zero attached hydrogens (tertiary/aromatic N) is 1. The summed E-state index contributed by atoms with van der Waals surface area (Å²) in [7, 11) is 0. The van der Waals surface area contributed by atoms with Gasteiger partial charge in [0.1, 0.15) is 11.3 Å². The Morgan fingerprint density at radius 1 is 1.23 bits per heavy atom. The lowest BCUT2D eigenvalue weighted by molar-refractivity contribution is 0.102. The number of carbonyl (C=O) groups is 1. The minimum Gasteiger partial charge on any atom is -0.493 e. The number of nitrogens with one attached hydrogen (secondary N) is 1. The van der Waals surface area contributed by atoms with Gasteiger partial charge in [0.05, 0.1) is 6.61 Å². The van der Waals surface area contributed by atoms with Crippen LogP contribution in [-0.4, -0.2) is 23.9 Å². The number of fused-ring (bicyclic) bond motifs is 2. The fraction of sp³-hybridized carbons (Fsp3) is 0.368. The highest BCUT2D eigenvalue weighted by Crippen LogP contribution is 2.35. The quantitative estimate of drug-likeness (QED) is 0.911. The van der Waals surface area contributed by atoms with Crippen LogP contribution in [0, 0.1) is 0 Å². The van der Waals surface area contributed by atoms with Crippen LogP contribution in [0.1, 0.15) is 35.8 Å². The molecule has 0 saturated carbocycles. The number of rotatable bonds is 4. The van der Waals surface area contributed by atoms with Gasteiger partial charge in [-0.2, -0.15) is 0 Å². The van der Waals surface area contributed by atoms with Gasteiger partial charge in [-0.1, -0.05) is 0 Å². The molecule has 4 rings (SSSR count). The summed E-state index contributed by atoms with van der Waals surface area (Å²) < 4.78 is 17.9. The molecule has 0 atom stereocenters. The van der Waals surface area contributed by atoms with Crippen LogP contribution in [0.5, 0.6) is 17.2 Å². The van der Waals surface area contributed by atoms with E-state index in [9.17, 15) is 9.59 Å². The average molecular weight is 356 g/mol. The molecule has 0 bridgehead atoms. The third kappa shape index (κ3) is 2.89. The third-order valence-electron chi connectivity index (χ3n) is 4.58. The summed E-state index contributed by atoms with van der Waals surface area (Å²) in [4.78, 5) is 25.4. The van der Waals surface area contributed by atoms with Gasteiger partial charge in [0.15, 0.2) is 11.5 Å². The molecule has 0 fully saturated rings. The highest BCUT2D eigenvalue weighted by molar-refractivity contribution is 6.07. The second-order valence-corrected chi connectivity index (χ2v) is 6.23. The van der Waals surface area contributed by atoms with Crippen LogP contribution in [0.3, 0.4) is 0 Å². The average Bonchev–Trinajstić information content (AvgIpc) is 3.10. The molecular formula is C19H20N2O5. The molecule has 7 nitrogen and oxygen atoms in total. The van der Waals surface area contributed by atoms with E-state index in [4.69, 9.17) is 14.2 Å². The molecule has 0 saturated heterocycles. The molecule has 1 N–H and O–H groups in total. The van der Waals surface area contributed by atoms with E-state index in [0.717, 1.165) is 18.5 Å². The van der Waals surface area contributed by atoms with Crippen molar-refractivity contribution in [3.05, 3.63) is 45.9 Å². The molecule has 2 aromatic rings. The van der Waals surface area contributed by atoms with Gasteiger partial charge in [-0.3, -0.25) is 9.59 Å². The van der Waals surface area contributed by atoms with Crippen molar-refractivity contribution in [3.63, 3.8) is 0 Å². The van der Waals surface area contributed by atoms with E-state index in [2.05, 4.69) is 5.32 Å². The van der Waals surface area contributed by atoms with Gasteiger partial charge in [0, 0.05) is 30.1 Å². The number of hydrogen-bond acceptors (Lipinski definition) is 5. The third-order valence-corrected chi connectivity index (χ3v) is 4.58. The summed E-state index contributed by atoms with van der Waals surface area (Å²) in [6.45, 7) is 3.02. The molecule has 0 spiro atoms. The van der Waals surface area contributed by atoms with Gasteiger partial charge >= 0.3 is 0 Å². The van der Waals surface area contributed by atoms with Crippen LogP contribution in [0.2, 0.25) is 0 Å². The number of ether oxygens (including phenoxy) is 3. The first-order valence-electron chi connectivity index (χ1n) is 8.78. The number of aromatic nitrogens is 1. The van der Waals surface area contributed by atoms with Crippen LogP contribution in [0.15, 0.2) is 29.1 Å². The van der Waals surface area contributed by atoms with Gasteiger partial charge in [0.25, 0.3) is 11.5 Å². The molecule has 0 unspecified atom stereocenters. The standard InChI is InChI=1S/C19H20N2O5/c1-2-24-16-10-17(22)21-8-4-3-5-13(21)18(16)19(23)20-12-6-7-14-15(9-12)26-11-25-14/h6-7,9-10H,2-5,8,11H2,1H3,(H,20,23). The summed E-state index contributed by atoms with van der Waals surface area (Å²) in [6.07, 6.45) is 2.56. The fourth-order valence-electron chi connectivity index (χ4n) is 3.42. The molecule has 1 amide bonds. The number of benzene rings is 1. The van der Waals surface area contributed by atoms with Gasteiger partial charge in [0.2, 0.25) is 6.79 Å². The Bertz CT molecular complexity index is 919. The molecule has 3 heterocycles. The number of anilines is 1. The Kier molecular flexibility index (Phi) is 4.28. The molecule has 1 aromatic heterocycles. The maximum atomic E-state index is 13.0. The monoisotopic (exact) mass is 356 g/mol. The van der Waals surface area contributed by atoms with Crippen molar-refractivity contribution in [2.45, 2.75) is 32.7 Å². The summed E-state index contributed by atoms with van der Waals surface area (Å²) >= 11 is 0. The fourth-order valence-corrected chi connectivity index (χ4v) is 3.42. The van der Waals surface area contributed by atoms with Crippen molar-refractivity contribution in [3.8, 4) is 17.2 Å². The van der Waals surface area contributed by atoms with E-state index in [-0.39, 0.29) is 18.3 Å². The van der Waals surface area contributed by atoms with E-state index in [0.29, 0.717) is 48.1 Å². The second-order valence-electron chi connectivity index (χ2n) is 6.23. The molecule has 2 aliphatic heterocycles. The van der Waals surface area contributed by atoms with Crippen molar-refractivity contribution < 1.29 is 19.0 Å². The predicted octanol–water partition coefficient (Wildman–Crippen LogP) is 2.56. The van der Waals surface area contributed by atoms with Gasteiger partial charge < -0.3 is 24.1 Å². The summed E-state index contributed by atoms with van der Waals surface area (Å²) in [6, 6.07) is 6.65. The first kappa shape index (κ1) is 16.5. The lowest BCUT2D eigenvalue weighted by atomic mass is 10.0. The van der Waals surface area contributed by atoms with Gasteiger partial charge in [-0.15, -0.1) is 0 Å². The van der Waals surface area contributed by atoms with Crippen LogP contribution in [-0.2, 0) is 13.0 Å². The van der Waals surface area contributed by atoms with Crippen molar-refractivity contribution in [1.82, 2.24) is 4.57 Å². The molecule has 26 heavy (non-hydrogen) atoms. The Balaban J connectivity index is 1.71. The van der Waals surface area contributed by atoms with Crippen molar-refractivity contribution in [2.75, 3.05) is 18.7 Å². The van der Waals surface area contributed by atoms with Crippen molar-refractivity contribution >= 4 is 11.6 Å². The molecule has 2 aliphatic rings. The van der Waals surface area contributed by atoms with Crippen LogP contribution in [0.25, 0.3) is 0 Å². The summed E-state index contributed by atoms with van der Waals surface area (Å²) in [5, 5.41) is 2.89. The van der Waals surface area contributed by atoms with E-state index in [1.54, 1.807) is 22.8 Å². The Morgan fingerprint density at radius 3 is 2.92 bits per heavy atom. The number of pyridine rings is 1.